The summed E-state index contributed by atoms with van der Waals surface area (Å²) < 4.78 is 4.94. The second-order valence-corrected chi connectivity index (χ2v) is 5.82. The largest absolute Gasteiger partial charge is 0.480 e. The summed E-state index contributed by atoms with van der Waals surface area (Å²) in [6.45, 7) is 1.14. The normalized spacial score (nSPS) is 18.5. The van der Waals surface area contributed by atoms with Crippen LogP contribution in [0.2, 0.25) is 0 Å². The van der Waals surface area contributed by atoms with Crippen molar-refractivity contribution < 1.29 is 24.2 Å². The highest BCUT2D eigenvalue weighted by atomic mass is 16.5. The van der Waals surface area contributed by atoms with Crippen molar-refractivity contribution in [2.24, 2.45) is 5.92 Å². The fourth-order valence-electron chi connectivity index (χ4n) is 2.70. The molecule has 2 atom stereocenters. The van der Waals surface area contributed by atoms with Crippen LogP contribution in [0.15, 0.2) is 30.3 Å². The number of carboxylic acids is 1. The summed E-state index contributed by atoms with van der Waals surface area (Å²) in [7, 11) is 1.55. The molecule has 0 aromatic heterocycles. The Bertz CT molecular complexity index is 590. The van der Waals surface area contributed by atoms with Gasteiger partial charge in [-0.2, -0.15) is 0 Å². The molecule has 130 valence electrons. The van der Waals surface area contributed by atoms with E-state index in [0.717, 1.165) is 5.56 Å². The van der Waals surface area contributed by atoms with Crippen LogP contribution in [0.25, 0.3) is 0 Å². The van der Waals surface area contributed by atoms with E-state index in [0.29, 0.717) is 19.7 Å². The minimum Gasteiger partial charge on any atom is -0.480 e. The number of hydrogen-bond donors (Lipinski definition) is 2. The Morgan fingerprint density at radius 1 is 1.38 bits per heavy atom. The lowest BCUT2D eigenvalue weighted by Gasteiger charge is -2.18. The monoisotopic (exact) mass is 334 g/mol. The van der Waals surface area contributed by atoms with Gasteiger partial charge in [-0.15, -0.1) is 0 Å². The van der Waals surface area contributed by atoms with Gasteiger partial charge in [-0.05, 0) is 5.56 Å². The van der Waals surface area contributed by atoms with Gasteiger partial charge in [0, 0.05) is 33.0 Å². The Morgan fingerprint density at radius 2 is 2.08 bits per heavy atom. The molecule has 2 N–H and O–H groups in total. The van der Waals surface area contributed by atoms with Crippen LogP contribution in [0.3, 0.4) is 0 Å². The zero-order chi connectivity index (χ0) is 17.5. The van der Waals surface area contributed by atoms with Crippen LogP contribution in [0.5, 0.6) is 0 Å². The van der Waals surface area contributed by atoms with Gasteiger partial charge < -0.3 is 20.1 Å². The predicted molar refractivity (Wildman–Crippen MR) is 86.3 cm³/mol. The number of nitrogens with zero attached hydrogens (tertiary/aromatic N) is 1. The Morgan fingerprint density at radius 3 is 2.71 bits per heavy atom. The van der Waals surface area contributed by atoms with Gasteiger partial charge in [0.15, 0.2) is 0 Å². The number of nitrogens with one attached hydrogen (secondary N) is 1. The average molecular weight is 334 g/mol. The zero-order valence-corrected chi connectivity index (χ0v) is 13.6. The molecule has 7 heteroatoms. The summed E-state index contributed by atoms with van der Waals surface area (Å²) in [5.74, 6) is -2.12. The smallest absolute Gasteiger partial charge is 0.326 e. The van der Waals surface area contributed by atoms with Crippen molar-refractivity contribution in [1.82, 2.24) is 10.2 Å². The number of aliphatic carboxylic acids is 1. The number of ether oxygens (including phenoxy) is 1. The van der Waals surface area contributed by atoms with E-state index in [2.05, 4.69) is 5.32 Å². The first-order valence-electron chi connectivity index (χ1n) is 7.85. The quantitative estimate of drug-likeness (QED) is 0.712. The maximum Gasteiger partial charge on any atom is 0.326 e. The lowest BCUT2D eigenvalue weighted by atomic mass is 10.0. The molecule has 1 heterocycles. The molecule has 2 unspecified atom stereocenters. The van der Waals surface area contributed by atoms with Crippen LogP contribution in [0.4, 0.5) is 0 Å². The van der Waals surface area contributed by atoms with Crippen LogP contribution in [0, 0.1) is 5.92 Å². The number of carbonyl (C=O) groups excluding carboxylic acids is 2. The number of amides is 2. The predicted octanol–water partition coefficient (Wildman–Crippen LogP) is 0.293. The van der Waals surface area contributed by atoms with E-state index in [1.165, 1.54) is 0 Å². The number of benzene rings is 1. The summed E-state index contributed by atoms with van der Waals surface area (Å²) >= 11 is 0. The van der Waals surface area contributed by atoms with E-state index in [1.54, 1.807) is 12.0 Å². The van der Waals surface area contributed by atoms with Gasteiger partial charge in [-0.1, -0.05) is 30.3 Å². The maximum atomic E-state index is 12.3. The molecule has 2 rings (SSSR count). The summed E-state index contributed by atoms with van der Waals surface area (Å²) in [5.41, 5.74) is 0.828. The van der Waals surface area contributed by atoms with E-state index in [4.69, 9.17) is 4.74 Å². The first-order valence-corrected chi connectivity index (χ1v) is 7.85. The number of likely N-dealkylation sites (tertiary alicyclic amines) is 1. The molecule has 0 spiro atoms. The zero-order valence-electron chi connectivity index (χ0n) is 13.6. The molecular formula is C17H22N2O5. The maximum absolute atomic E-state index is 12.3. The molecule has 1 aromatic carbocycles. The lowest BCUT2D eigenvalue weighted by Crippen LogP contribution is -2.45. The van der Waals surface area contributed by atoms with Crippen molar-refractivity contribution in [2.45, 2.75) is 18.9 Å². The molecule has 0 saturated carbocycles. The standard InChI is InChI=1S/C17H22N2O5/c1-24-8-7-19-11-13(10-15(19)20)16(21)18-14(17(22)23)9-12-5-3-2-4-6-12/h2-6,13-14H,7-11H2,1H3,(H,18,21)(H,22,23). The minimum atomic E-state index is -1.09. The molecule has 1 saturated heterocycles. The molecule has 2 amide bonds. The van der Waals surface area contributed by atoms with Gasteiger partial charge in [-0.25, -0.2) is 4.79 Å². The topological polar surface area (TPSA) is 95.9 Å². The van der Waals surface area contributed by atoms with E-state index in [9.17, 15) is 19.5 Å². The van der Waals surface area contributed by atoms with Crippen molar-refractivity contribution in [2.75, 3.05) is 26.8 Å². The van der Waals surface area contributed by atoms with Crippen LogP contribution in [0.1, 0.15) is 12.0 Å². The Balaban J connectivity index is 1.93. The van der Waals surface area contributed by atoms with Crippen LogP contribution in [-0.4, -0.2) is 60.6 Å². The molecule has 24 heavy (non-hydrogen) atoms. The highest BCUT2D eigenvalue weighted by Crippen LogP contribution is 2.18. The number of carboxylic acid groups (broad SMARTS) is 1. The summed E-state index contributed by atoms with van der Waals surface area (Å²) in [6, 6.07) is 8.10. The van der Waals surface area contributed by atoms with E-state index < -0.39 is 23.8 Å². The molecule has 1 aromatic rings. The Hall–Kier alpha value is -2.41. The van der Waals surface area contributed by atoms with Gasteiger partial charge in [0.2, 0.25) is 11.8 Å². The number of methoxy groups -OCH3 is 1. The van der Waals surface area contributed by atoms with Gasteiger partial charge in [0.25, 0.3) is 0 Å². The SMILES string of the molecule is COCCN1CC(C(=O)NC(Cc2ccccc2)C(=O)O)CC1=O. The third-order valence-electron chi connectivity index (χ3n) is 4.05. The van der Waals surface area contributed by atoms with Crippen molar-refractivity contribution in [1.29, 1.82) is 0 Å². The molecule has 0 aliphatic carbocycles. The van der Waals surface area contributed by atoms with Crippen molar-refractivity contribution in [3.05, 3.63) is 35.9 Å². The van der Waals surface area contributed by atoms with Gasteiger partial charge in [0.1, 0.15) is 6.04 Å². The average Bonchev–Trinajstić information content (AvgIpc) is 2.94. The summed E-state index contributed by atoms with van der Waals surface area (Å²) in [5, 5.41) is 11.9. The molecule has 0 radical (unpaired) electrons. The molecule has 1 aliphatic heterocycles. The number of hydrogen-bond acceptors (Lipinski definition) is 4. The molecular weight excluding hydrogens is 312 g/mol. The summed E-state index contributed by atoms with van der Waals surface area (Å²) in [4.78, 5) is 37.2. The second-order valence-electron chi connectivity index (χ2n) is 5.82. The fraction of sp³-hybridized carbons (Fsp3) is 0.471. The van der Waals surface area contributed by atoms with Crippen LogP contribution in [-0.2, 0) is 25.5 Å². The van der Waals surface area contributed by atoms with Crippen molar-refractivity contribution >= 4 is 17.8 Å². The molecule has 7 nitrogen and oxygen atoms in total. The molecule has 1 aliphatic rings. The van der Waals surface area contributed by atoms with Gasteiger partial charge in [0.05, 0.1) is 12.5 Å². The van der Waals surface area contributed by atoms with Crippen molar-refractivity contribution in [3.63, 3.8) is 0 Å². The van der Waals surface area contributed by atoms with E-state index in [1.807, 2.05) is 30.3 Å². The van der Waals surface area contributed by atoms with Crippen molar-refractivity contribution in [3.8, 4) is 0 Å². The van der Waals surface area contributed by atoms with Gasteiger partial charge in [-0.3, -0.25) is 9.59 Å². The first-order chi connectivity index (χ1) is 11.5. The fourth-order valence-corrected chi connectivity index (χ4v) is 2.70. The number of carbonyl (C=O) groups is 3. The number of rotatable bonds is 8. The molecule has 0 bridgehead atoms. The second kappa shape index (κ2) is 8.44. The minimum absolute atomic E-state index is 0.104. The molecule has 1 fully saturated rings. The Kier molecular flexibility index (Phi) is 6.31. The van der Waals surface area contributed by atoms with E-state index >= 15 is 0 Å². The third-order valence-corrected chi connectivity index (χ3v) is 4.05. The van der Waals surface area contributed by atoms with E-state index in [-0.39, 0.29) is 18.7 Å². The highest BCUT2D eigenvalue weighted by Gasteiger charge is 2.35. The Labute approximate surface area is 140 Å². The van der Waals surface area contributed by atoms with Gasteiger partial charge >= 0.3 is 5.97 Å². The van der Waals surface area contributed by atoms with Crippen LogP contribution >= 0.6 is 0 Å². The van der Waals surface area contributed by atoms with Crippen LogP contribution < -0.4 is 5.32 Å². The lowest BCUT2D eigenvalue weighted by molar-refractivity contribution is -0.142. The summed E-state index contributed by atoms with van der Waals surface area (Å²) in [6.07, 6.45) is 0.309. The highest BCUT2D eigenvalue weighted by molar-refractivity contribution is 5.91. The first kappa shape index (κ1) is 17.9. The third kappa shape index (κ3) is 4.79.